The zero-order chi connectivity index (χ0) is 21.0. The standard InChI is InChI=1S/C23H23F4NO/c1-2-3-15-4-6-16(7-5-15)17-8-10-18(11-9-17)23(26,27)29-19-12-21(24)20(14-28)22(25)13-19/h8-13,15-16H,2-7H2,1H3/t15-,16-. The predicted octanol–water partition coefficient (Wildman–Crippen LogP) is 7.04. The maximum Gasteiger partial charge on any atom is 0.426 e. The summed E-state index contributed by atoms with van der Waals surface area (Å²) >= 11 is 0. The average Bonchev–Trinajstić information content (AvgIpc) is 2.68. The fraction of sp³-hybridized carbons (Fsp3) is 0.435. The zero-order valence-corrected chi connectivity index (χ0v) is 16.2. The van der Waals surface area contributed by atoms with Crippen LogP contribution in [0, 0.1) is 28.9 Å². The number of hydrogen-bond donors (Lipinski definition) is 0. The SMILES string of the molecule is CCC[C@H]1CC[C@H](c2ccc(C(F)(F)Oc3cc(F)c(C#N)c(F)c3)cc2)CC1. The molecule has 2 aromatic carbocycles. The highest BCUT2D eigenvalue weighted by molar-refractivity contribution is 5.38. The lowest BCUT2D eigenvalue weighted by Crippen LogP contribution is -2.22. The van der Waals surface area contributed by atoms with Crippen molar-refractivity contribution in [1.82, 2.24) is 0 Å². The lowest BCUT2D eigenvalue weighted by Gasteiger charge is -2.29. The number of nitrogens with zero attached hydrogens (tertiary/aromatic N) is 1. The van der Waals surface area contributed by atoms with Crippen LogP contribution in [0.4, 0.5) is 17.6 Å². The van der Waals surface area contributed by atoms with Gasteiger partial charge in [-0.05, 0) is 55.2 Å². The molecule has 2 aromatic rings. The maximum atomic E-state index is 14.5. The molecular weight excluding hydrogens is 382 g/mol. The Hall–Kier alpha value is -2.55. The van der Waals surface area contributed by atoms with E-state index in [2.05, 4.69) is 11.7 Å². The number of hydrogen-bond acceptors (Lipinski definition) is 2. The molecule has 0 saturated heterocycles. The predicted molar refractivity (Wildman–Crippen MR) is 102 cm³/mol. The van der Waals surface area contributed by atoms with Crippen LogP contribution in [0.15, 0.2) is 36.4 Å². The summed E-state index contributed by atoms with van der Waals surface area (Å²) in [5, 5.41) is 8.66. The summed E-state index contributed by atoms with van der Waals surface area (Å²) in [6.45, 7) is 2.19. The summed E-state index contributed by atoms with van der Waals surface area (Å²) in [6, 6.07) is 8.45. The van der Waals surface area contributed by atoms with Gasteiger partial charge in [0.15, 0.2) is 0 Å². The molecule has 29 heavy (non-hydrogen) atoms. The molecule has 1 aliphatic carbocycles. The molecule has 0 unspecified atom stereocenters. The van der Waals surface area contributed by atoms with Crippen molar-refractivity contribution >= 4 is 0 Å². The summed E-state index contributed by atoms with van der Waals surface area (Å²) in [5.74, 6) is -2.03. The van der Waals surface area contributed by atoms with E-state index in [1.165, 1.54) is 31.0 Å². The number of alkyl halides is 2. The van der Waals surface area contributed by atoms with E-state index >= 15 is 0 Å². The molecular formula is C23H23F4NO. The molecule has 0 aliphatic heterocycles. The third-order valence-corrected chi connectivity index (χ3v) is 5.64. The Morgan fingerprint density at radius 3 is 2.14 bits per heavy atom. The average molecular weight is 405 g/mol. The van der Waals surface area contributed by atoms with Crippen molar-refractivity contribution in [3.05, 3.63) is 64.7 Å². The minimum Gasteiger partial charge on any atom is -0.429 e. The molecule has 0 radical (unpaired) electrons. The van der Waals surface area contributed by atoms with Gasteiger partial charge in [-0.15, -0.1) is 0 Å². The Labute approximate surface area is 168 Å². The second-order valence-corrected chi connectivity index (χ2v) is 7.62. The number of benzene rings is 2. The fourth-order valence-electron chi connectivity index (χ4n) is 4.06. The first-order valence-electron chi connectivity index (χ1n) is 9.90. The van der Waals surface area contributed by atoms with E-state index < -0.39 is 34.6 Å². The van der Waals surface area contributed by atoms with Gasteiger partial charge in [0, 0.05) is 12.1 Å². The molecule has 0 amide bonds. The Morgan fingerprint density at radius 2 is 1.62 bits per heavy atom. The lowest BCUT2D eigenvalue weighted by molar-refractivity contribution is -0.185. The smallest absolute Gasteiger partial charge is 0.426 e. The molecule has 1 aliphatic rings. The molecule has 0 atom stereocenters. The van der Waals surface area contributed by atoms with Gasteiger partial charge in [0.1, 0.15) is 29.0 Å². The second-order valence-electron chi connectivity index (χ2n) is 7.62. The van der Waals surface area contributed by atoms with Crippen molar-refractivity contribution in [2.45, 2.75) is 57.5 Å². The van der Waals surface area contributed by atoms with Crippen molar-refractivity contribution in [1.29, 1.82) is 5.26 Å². The fourth-order valence-corrected chi connectivity index (χ4v) is 4.06. The number of nitriles is 1. The van der Waals surface area contributed by atoms with E-state index in [-0.39, 0.29) is 0 Å². The van der Waals surface area contributed by atoms with Crippen molar-refractivity contribution in [3.8, 4) is 11.8 Å². The van der Waals surface area contributed by atoms with E-state index in [9.17, 15) is 17.6 Å². The first-order valence-corrected chi connectivity index (χ1v) is 9.90. The van der Waals surface area contributed by atoms with Crippen LogP contribution in [-0.4, -0.2) is 0 Å². The van der Waals surface area contributed by atoms with Gasteiger partial charge in [0.05, 0.1) is 5.56 Å². The summed E-state index contributed by atoms with van der Waals surface area (Å²) in [7, 11) is 0. The van der Waals surface area contributed by atoms with Crippen molar-refractivity contribution in [3.63, 3.8) is 0 Å². The van der Waals surface area contributed by atoms with Gasteiger partial charge in [-0.25, -0.2) is 8.78 Å². The molecule has 1 saturated carbocycles. The highest BCUT2D eigenvalue weighted by Gasteiger charge is 2.35. The molecule has 6 heteroatoms. The van der Waals surface area contributed by atoms with Gasteiger partial charge in [-0.2, -0.15) is 14.0 Å². The maximum absolute atomic E-state index is 14.5. The molecule has 3 rings (SSSR count). The first kappa shape index (κ1) is 21.2. The molecule has 0 heterocycles. The van der Waals surface area contributed by atoms with Crippen LogP contribution in [-0.2, 0) is 6.11 Å². The van der Waals surface area contributed by atoms with E-state index in [0.29, 0.717) is 18.1 Å². The summed E-state index contributed by atoms with van der Waals surface area (Å²) in [4.78, 5) is 0. The summed E-state index contributed by atoms with van der Waals surface area (Å²) in [5.41, 5.74) is -0.209. The van der Waals surface area contributed by atoms with E-state index in [1.807, 2.05) is 0 Å². The third kappa shape index (κ3) is 4.90. The Kier molecular flexibility index (Phi) is 6.46. The molecule has 1 fully saturated rings. The molecule has 154 valence electrons. The summed E-state index contributed by atoms with van der Waals surface area (Å²) in [6.07, 6.45) is 3.11. The van der Waals surface area contributed by atoms with Crippen LogP contribution in [0.2, 0.25) is 0 Å². The van der Waals surface area contributed by atoms with Crippen LogP contribution in [0.1, 0.15) is 68.1 Å². The lowest BCUT2D eigenvalue weighted by atomic mass is 9.77. The quantitative estimate of drug-likeness (QED) is 0.483. The Bertz CT molecular complexity index is 858. The monoisotopic (exact) mass is 405 g/mol. The normalized spacial score (nSPS) is 19.6. The van der Waals surface area contributed by atoms with Gasteiger partial charge < -0.3 is 4.74 Å². The summed E-state index contributed by atoms with van der Waals surface area (Å²) < 4.78 is 60.8. The minimum absolute atomic E-state index is 0.369. The molecule has 0 bridgehead atoms. The topological polar surface area (TPSA) is 33.0 Å². The molecule has 0 N–H and O–H groups in total. The van der Waals surface area contributed by atoms with E-state index in [1.54, 1.807) is 12.1 Å². The highest BCUT2D eigenvalue weighted by Crippen LogP contribution is 2.39. The number of rotatable bonds is 6. The highest BCUT2D eigenvalue weighted by atomic mass is 19.3. The first-order chi connectivity index (χ1) is 13.8. The number of halogens is 4. The van der Waals surface area contributed by atoms with Crippen molar-refractivity contribution in [2.75, 3.05) is 0 Å². The largest absolute Gasteiger partial charge is 0.429 e. The van der Waals surface area contributed by atoms with Gasteiger partial charge in [-0.1, -0.05) is 31.9 Å². The van der Waals surface area contributed by atoms with Gasteiger partial charge in [0.2, 0.25) is 0 Å². The Balaban J connectivity index is 1.70. The van der Waals surface area contributed by atoms with Crippen molar-refractivity contribution in [2.24, 2.45) is 5.92 Å². The van der Waals surface area contributed by atoms with Crippen LogP contribution >= 0.6 is 0 Å². The minimum atomic E-state index is -3.76. The molecule has 0 spiro atoms. The van der Waals surface area contributed by atoms with Crippen LogP contribution in [0.25, 0.3) is 0 Å². The third-order valence-electron chi connectivity index (χ3n) is 5.64. The van der Waals surface area contributed by atoms with Crippen molar-refractivity contribution < 1.29 is 22.3 Å². The Morgan fingerprint density at radius 1 is 1.03 bits per heavy atom. The molecule has 0 aromatic heterocycles. The molecule has 2 nitrogen and oxygen atoms in total. The van der Waals surface area contributed by atoms with Gasteiger partial charge in [0.25, 0.3) is 0 Å². The van der Waals surface area contributed by atoms with Crippen LogP contribution in [0.5, 0.6) is 5.75 Å². The van der Waals surface area contributed by atoms with Gasteiger partial charge >= 0.3 is 6.11 Å². The van der Waals surface area contributed by atoms with E-state index in [0.717, 1.165) is 37.2 Å². The second kappa shape index (κ2) is 8.86. The number of ether oxygens (including phenoxy) is 1. The van der Waals surface area contributed by atoms with E-state index in [4.69, 9.17) is 5.26 Å². The van der Waals surface area contributed by atoms with Crippen LogP contribution < -0.4 is 4.74 Å². The van der Waals surface area contributed by atoms with Gasteiger partial charge in [-0.3, -0.25) is 0 Å². The van der Waals surface area contributed by atoms with Crippen LogP contribution in [0.3, 0.4) is 0 Å². The zero-order valence-electron chi connectivity index (χ0n) is 16.2.